The zero-order chi connectivity index (χ0) is 8.10. The van der Waals surface area contributed by atoms with E-state index in [1.54, 1.807) is 0 Å². The smallest absolute Gasteiger partial charge is 0.0398 e. The van der Waals surface area contributed by atoms with Crippen LogP contribution in [0.25, 0.3) is 0 Å². The molecule has 0 bridgehead atoms. The van der Waals surface area contributed by atoms with Crippen molar-refractivity contribution in [3.63, 3.8) is 0 Å². The van der Waals surface area contributed by atoms with Crippen molar-refractivity contribution >= 4 is 5.71 Å². The Balaban J connectivity index is 2.69. The van der Waals surface area contributed by atoms with Gasteiger partial charge in [0.1, 0.15) is 0 Å². The maximum Gasteiger partial charge on any atom is 0.0398 e. The predicted octanol–water partition coefficient (Wildman–Crippen LogP) is 1.40. The average Bonchev–Trinajstić information content (AvgIpc) is 2.07. The van der Waals surface area contributed by atoms with E-state index in [2.05, 4.69) is 0 Å². The van der Waals surface area contributed by atoms with Gasteiger partial charge < -0.3 is 11.1 Å². The fourth-order valence-electron chi connectivity index (χ4n) is 0.928. The van der Waals surface area contributed by atoms with Gasteiger partial charge in [0, 0.05) is 12.1 Å². The van der Waals surface area contributed by atoms with Gasteiger partial charge in [0.15, 0.2) is 0 Å². The number of nitrogens with one attached hydrogen (secondary N) is 1. The first kappa shape index (κ1) is 7.95. The summed E-state index contributed by atoms with van der Waals surface area (Å²) in [6.45, 7) is 0.549. The average molecular weight is 148 g/mol. The SMILES string of the molecule is N=C(CCN)c1ccccc1. The number of hydrogen-bond donors (Lipinski definition) is 2. The molecule has 0 aromatic heterocycles. The van der Waals surface area contributed by atoms with Crippen molar-refractivity contribution in [2.45, 2.75) is 6.42 Å². The van der Waals surface area contributed by atoms with Gasteiger partial charge in [-0.05, 0) is 12.1 Å². The molecule has 0 saturated heterocycles. The molecule has 0 aliphatic carbocycles. The molecular weight excluding hydrogens is 136 g/mol. The van der Waals surface area contributed by atoms with Gasteiger partial charge in [0.05, 0.1) is 0 Å². The van der Waals surface area contributed by atoms with E-state index in [0.29, 0.717) is 18.7 Å². The van der Waals surface area contributed by atoms with Crippen molar-refractivity contribution in [1.29, 1.82) is 5.41 Å². The first-order chi connectivity index (χ1) is 5.34. The summed E-state index contributed by atoms with van der Waals surface area (Å²) in [6.07, 6.45) is 0.657. The fourth-order valence-corrected chi connectivity index (χ4v) is 0.928. The van der Waals surface area contributed by atoms with Gasteiger partial charge in [0.2, 0.25) is 0 Å². The molecule has 0 aliphatic heterocycles. The van der Waals surface area contributed by atoms with E-state index in [-0.39, 0.29) is 0 Å². The lowest BCUT2D eigenvalue weighted by molar-refractivity contribution is 1.03. The van der Waals surface area contributed by atoms with Crippen LogP contribution in [0.5, 0.6) is 0 Å². The number of rotatable bonds is 3. The second kappa shape index (κ2) is 3.88. The minimum absolute atomic E-state index is 0.549. The Kier molecular flexibility index (Phi) is 2.81. The molecule has 2 nitrogen and oxygen atoms in total. The van der Waals surface area contributed by atoms with E-state index in [1.165, 1.54) is 0 Å². The van der Waals surface area contributed by atoms with Crippen LogP contribution in [0, 0.1) is 5.41 Å². The maximum absolute atomic E-state index is 7.55. The molecular formula is C9H12N2. The second-order valence-corrected chi connectivity index (χ2v) is 2.38. The van der Waals surface area contributed by atoms with Crippen LogP contribution < -0.4 is 5.73 Å². The first-order valence-corrected chi connectivity index (χ1v) is 3.67. The van der Waals surface area contributed by atoms with Crippen molar-refractivity contribution in [3.05, 3.63) is 35.9 Å². The second-order valence-electron chi connectivity index (χ2n) is 2.38. The monoisotopic (exact) mass is 148 g/mol. The summed E-state index contributed by atoms with van der Waals surface area (Å²) >= 11 is 0. The molecule has 11 heavy (non-hydrogen) atoms. The quantitative estimate of drug-likeness (QED) is 0.625. The highest BCUT2D eigenvalue weighted by molar-refractivity contribution is 5.98. The van der Waals surface area contributed by atoms with Gasteiger partial charge in [0.25, 0.3) is 0 Å². The van der Waals surface area contributed by atoms with Crippen molar-refractivity contribution < 1.29 is 0 Å². The lowest BCUT2D eigenvalue weighted by Gasteiger charge is -1.99. The highest BCUT2D eigenvalue weighted by Crippen LogP contribution is 2.01. The highest BCUT2D eigenvalue weighted by Gasteiger charge is 1.96. The molecule has 0 fully saturated rings. The molecule has 0 atom stereocenters. The summed E-state index contributed by atoms with van der Waals surface area (Å²) in [5, 5.41) is 7.55. The third-order valence-corrected chi connectivity index (χ3v) is 1.52. The van der Waals surface area contributed by atoms with Crippen molar-refractivity contribution in [1.82, 2.24) is 0 Å². The minimum atomic E-state index is 0.549. The highest BCUT2D eigenvalue weighted by atomic mass is 14.5. The van der Waals surface area contributed by atoms with Crippen LogP contribution in [0.1, 0.15) is 12.0 Å². The molecule has 1 rings (SSSR count). The van der Waals surface area contributed by atoms with Gasteiger partial charge in [-0.3, -0.25) is 0 Å². The van der Waals surface area contributed by atoms with Crippen LogP contribution in [0.3, 0.4) is 0 Å². The van der Waals surface area contributed by atoms with Crippen molar-refractivity contribution in [2.24, 2.45) is 5.73 Å². The van der Waals surface area contributed by atoms with Gasteiger partial charge in [-0.25, -0.2) is 0 Å². The van der Waals surface area contributed by atoms with Crippen LogP contribution in [0.2, 0.25) is 0 Å². The number of nitrogens with two attached hydrogens (primary N) is 1. The van der Waals surface area contributed by atoms with E-state index >= 15 is 0 Å². The molecule has 0 saturated carbocycles. The summed E-state index contributed by atoms with van der Waals surface area (Å²) in [7, 11) is 0. The summed E-state index contributed by atoms with van der Waals surface area (Å²) in [5.74, 6) is 0. The fraction of sp³-hybridized carbons (Fsp3) is 0.222. The van der Waals surface area contributed by atoms with Gasteiger partial charge in [-0.2, -0.15) is 0 Å². The Hall–Kier alpha value is -1.15. The topological polar surface area (TPSA) is 49.9 Å². The maximum atomic E-state index is 7.55. The van der Waals surface area contributed by atoms with E-state index in [9.17, 15) is 0 Å². The molecule has 0 spiro atoms. The summed E-state index contributed by atoms with van der Waals surface area (Å²) in [5.41, 5.74) is 6.91. The van der Waals surface area contributed by atoms with Crippen LogP contribution in [-0.4, -0.2) is 12.3 Å². The van der Waals surface area contributed by atoms with Crippen LogP contribution in [0.15, 0.2) is 30.3 Å². The summed E-state index contributed by atoms with van der Waals surface area (Å²) in [4.78, 5) is 0. The zero-order valence-electron chi connectivity index (χ0n) is 6.38. The Morgan fingerprint density at radius 2 is 1.91 bits per heavy atom. The van der Waals surface area contributed by atoms with E-state index in [1.807, 2.05) is 30.3 Å². The Morgan fingerprint density at radius 1 is 1.27 bits per heavy atom. The molecule has 0 aliphatic rings. The molecule has 1 aromatic carbocycles. The van der Waals surface area contributed by atoms with Crippen molar-refractivity contribution in [3.8, 4) is 0 Å². The standard InChI is InChI=1S/C9H12N2/c10-7-6-9(11)8-4-2-1-3-5-8/h1-5,11H,6-7,10H2. The molecule has 1 aromatic rings. The Labute approximate surface area is 66.6 Å². The third-order valence-electron chi connectivity index (χ3n) is 1.52. The van der Waals surface area contributed by atoms with E-state index in [4.69, 9.17) is 11.1 Å². The van der Waals surface area contributed by atoms with Gasteiger partial charge in [-0.15, -0.1) is 0 Å². The molecule has 58 valence electrons. The molecule has 0 unspecified atom stereocenters. The molecule has 0 heterocycles. The van der Waals surface area contributed by atoms with Crippen LogP contribution in [0.4, 0.5) is 0 Å². The molecule has 2 heteroatoms. The number of benzene rings is 1. The lowest BCUT2D eigenvalue weighted by atomic mass is 10.1. The predicted molar refractivity (Wildman–Crippen MR) is 46.9 cm³/mol. The number of hydrogen-bond acceptors (Lipinski definition) is 2. The molecule has 3 N–H and O–H groups in total. The molecule has 0 radical (unpaired) electrons. The first-order valence-electron chi connectivity index (χ1n) is 3.67. The van der Waals surface area contributed by atoms with Gasteiger partial charge >= 0.3 is 0 Å². The van der Waals surface area contributed by atoms with Crippen molar-refractivity contribution in [2.75, 3.05) is 6.54 Å². The third kappa shape index (κ3) is 2.16. The normalized spacial score (nSPS) is 9.55. The summed E-state index contributed by atoms with van der Waals surface area (Å²) in [6, 6.07) is 9.66. The minimum Gasteiger partial charge on any atom is -0.330 e. The summed E-state index contributed by atoms with van der Waals surface area (Å²) < 4.78 is 0. The van der Waals surface area contributed by atoms with Crippen LogP contribution in [-0.2, 0) is 0 Å². The Bertz CT molecular complexity index is 229. The zero-order valence-corrected chi connectivity index (χ0v) is 6.38. The van der Waals surface area contributed by atoms with E-state index < -0.39 is 0 Å². The van der Waals surface area contributed by atoms with E-state index in [0.717, 1.165) is 5.56 Å². The van der Waals surface area contributed by atoms with Crippen LogP contribution >= 0.6 is 0 Å². The largest absolute Gasteiger partial charge is 0.330 e. The molecule has 0 amide bonds. The van der Waals surface area contributed by atoms with Gasteiger partial charge in [-0.1, -0.05) is 30.3 Å². The lowest BCUT2D eigenvalue weighted by Crippen LogP contribution is -2.07. The Morgan fingerprint density at radius 3 is 2.45 bits per heavy atom.